The third kappa shape index (κ3) is 3.18. The van der Waals surface area contributed by atoms with E-state index in [1.807, 2.05) is 22.6 Å². The van der Waals surface area contributed by atoms with Crippen LogP contribution in [-0.2, 0) is 9.47 Å². The van der Waals surface area contributed by atoms with Gasteiger partial charge in [-0.15, -0.1) is 11.3 Å². The van der Waals surface area contributed by atoms with Crippen LogP contribution in [0.1, 0.15) is 33.9 Å². The van der Waals surface area contributed by atoms with Gasteiger partial charge in [0.1, 0.15) is 4.88 Å². The first-order chi connectivity index (χ1) is 7.60. The number of halogens is 1. The maximum Gasteiger partial charge on any atom is 0.348 e. The molecule has 0 bridgehead atoms. The molecule has 0 spiro atoms. The molecule has 0 radical (unpaired) electrons. The second-order valence-corrected chi connectivity index (χ2v) is 5.60. The molecule has 4 nitrogen and oxygen atoms in total. The predicted molar refractivity (Wildman–Crippen MR) is 68.9 cm³/mol. The summed E-state index contributed by atoms with van der Waals surface area (Å²) < 4.78 is 10.5. The van der Waals surface area contributed by atoms with Crippen molar-refractivity contribution in [2.75, 3.05) is 13.2 Å². The number of carbonyl (C=O) groups is 2. The predicted octanol–water partition coefficient (Wildman–Crippen LogP) is 2.71. The van der Waals surface area contributed by atoms with Gasteiger partial charge in [-0.05, 0) is 42.5 Å². The summed E-state index contributed by atoms with van der Waals surface area (Å²) in [6.45, 7) is 4.12. The average molecular weight is 354 g/mol. The highest BCUT2D eigenvalue weighted by Crippen LogP contribution is 2.25. The molecule has 0 unspecified atom stereocenters. The second kappa shape index (κ2) is 6.19. The van der Waals surface area contributed by atoms with Gasteiger partial charge >= 0.3 is 11.9 Å². The molecule has 1 aromatic rings. The quantitative estimate of drug-likeness (QED) is 0.616. The molecule has 0 saturated carbocycles. The largest absolute Gasteiger partial charge is 0.462 e. The zero-order chi connectivity index (χ0) is 12.1. The summed E-state index contributed by atoms with van der Waals surface area (Å²) in [6.07, 6.45) is 0. The van der Waals surface area contributed by atoms with E-state index in [1.165, 1.54) is 17.4 Å². The first-order valence-electron chi connectivity index (χ1n) is 4.73. The maximum atomic E-state index is 11.5. The zero-order valence-corrected chi connectivity index (χ0v) is 11.9. The van der Waals surface area contributed by atoms with Gasteiger partial charge < -0.3 is 9.47 Å². The molecule has 0 atom stereocenters. The summed E-state index contributed by atoms with van der Waals surface area (Å²) in [5, 5.41) is 0. The van der Waals surface area contributed by atoms with Crippen LogP contribution in [0.15, 0.2) is 6.07 Å². The molecule has 1 aromatic heterocycles. The summed E-state index contributed by atoms with van der Waals surface area (Å²) in [6, 6.07) is 1.52. The minimum Gasteiger partial charge on any atom is -0.462 e. The molecule has 88 valence electrons. The fourth-order valence-corrected chi connectivity index (χ4v) is 2.87. The SMILES string of the molecule is CCOC(=O)c1cc(C(=O)OCC)c(I)s1. The Morgan fingerprint density at radius 2 is 1.81 bits per heavy atom. The molecule has 0 aliphatic rings. The van der Waals surface area contributed by atoms with Crippen LogP contribution in [0, 0.1) is 2.88 Å². The Balaban J connectivity index is 2.89. The van der Waals surface area contributed by atoms with Gasteiger partial charge in [0, 0.05) is 0 Å². The lowest BCUT2D eigenvalue weighted by Crippen LogP contribution is -2.05. The Morgan fingerprint density at radius 1 is 1.25 bits per heavy atom. The maximum absolute atomic E-state index is 11.5. The van der Waals surface area contributed by atoms with Gasteiger partial charge in [0.05, 0.1) is 21.7 Å². The zero-order valence-electron chi connectivity index (χ0n) is 8.91. The van der Waals surface area contributed by atoms with Crippen LogP contribution in [0.4, 0.5) is 0 Å². The molecule has 1 rings (SSSR count). The van der Waals surface area contributed by atoms with Crippen molar-refractivity contribution in [1.82, 2.24) is 0 Å². The van der Waals surface area contributed by atoms with Crippen LogP contribution in [0.2, 0.25) is 0 Å². The van der Waals surface area contributed by atoms with E-state index in [0.29, 0.717) is 23.7 Å². The van der Waals surface area contributed by atoms with E-state index in [2.05, 4.69) is 0 Å². The number of carbonyl (C=O) groups excluding carboxylic acids is 2. The van der Waals surface area contributed by atoms with Crippen molar-refractivity contribution in [3.8, 4) is 0 Å². The van der Waals surface area contributed by atoms with E-state index in [4.69, 9.17) is 9.47 Å². The molecule has 0 fully saturated rings. The lowest BCUT2D eigenvalue weighted by atomic mass is 10.3. The van der Waals surface area contributed by atoms with Gasteiger partial charge in [-0.2, -0.15) is 0 Å². The lowest BCUT2D eigenvalue weighted by molar-refractivity contribution is 0.0525. The van der Waals surface area contributed by atoms with Crippen LogP contribution in [0.25, 0.3) is 0 Å². The van der Waals surface area contributed by atoms with Crippen LogP contribution in [0.5, 0.6) is 0 Å². The smallest absolute Gasteiger partial charge is 0.348 e. The highest BCUT2D eigenvalue weighted by atomic mass is 127. The Labute approximate surface area is 111 Å². The number of ether oxygens (including phenoxy) is 2. The van der Waals surface area contributed by atoms with Crippen molar-refractivity contribution in [1.29, 1.82) is 0 Å². The summed E-state index contributed by atoms with van der Waals surface area (Å²) in [7, 11) is 0. The topological polar surface area (TPSA) is 52.6 Å². The van der Waals surface area contributed by atoms with Gasteiger partial charge in [-0.1, -0.05) is 0 Å². The van der Waals surface area contributed by atoms with Gasteiger partial charge in [0.15, 0.2) is 0 Å². The van der Waals surface area contributed by atoms with Crippen LogP contribution in [0.3, 0.4) is 0 Å². The third-order valence-corrected chi connectivity index (χ3v) is 3.80. The van der Waals surface area contributed by atoms with E-state index in [0.717, 1.165) is 2.88 Å². The van der Waals surface area contributed by atoms with Crippen LogP contribution >= 0.6 is 33.9 Å². The van der Waals surface area contributed by atoms with Gasteiger partial charge in [-0.3, -0.25) is 0 Å². The normalized spacial score (nSPS) is 9.94. The Bertz CT molecular complexity index is 400. The van der Waals surface area contributed by atoms with E-state index in [9.17, 15) is 9.59 Å². The van der Waals surface area contributed by atoms with E-state index in [-0.39, 0.29) is 0 Å². The van der Waals surface area contributed by atoms with Gasteiger partial charge in [0.2, 0.25) is 0 Å². The minimum absolute atomic E-state index is 0.319. The Morgan fingerprint density at radius 3 is 2.38 bits per heavy atom. The fourth-order valence-electron chi connectivity index (χ4n) is 1.02. The molecule has 16 heavy (non-hydrogen) atoms. The summed E-state index contributed by atoms with van der Waals surface area (Å²) in [4.78, 5) is 23.3. The number of esters is 2. The number of rotatable bonds is 4. The van der Waals surface area contributed by atoms with Crippen LogP contribution in [-0.4, -0.2) is 25.2 Å². The summed E-state index contributed by atoms with van der Waals surface area (Å²) in [5.41, 5.74) is 0.426. The molecule has 0 saturated heterocycles. The lowest BCUT2D eigenvalue weighted by Gasteiger charge is -1.98. The van der Waals surface area contributed by atoms with Crippen molar-refractivity contribution in [3.63, 3.8) is 0 Å². The minimum atomic E-state index is -0.404. The summed E-state index contributed by atoms with van der Waals surface area (Å²) in [5.74, 6) is -0.806. The number of hydrogen-bond acceptors (Lipinski definition) is 5. The molecule has 0 aromatic carbocycles. The summed E-state index contributed by atoms with van der Waals surface area (Å²) >= 11 is 3.24. The second-order valence-electron chi connectivity index (χ2n) is 2.74. The van der Waals surface area contributed by atoms with Crippen molar-refractivity contribution in [2.24, 2.45) is 0 Å². The highest BCUT2D eigenvalue weighted by molar-refractivity contribution is 14.1. The van der Waals surface area contributed by atoms with E-state index < -0.39 is 11.9 Å². The Hall–Kier alpha value is -0.630. The molecule has 0 aliphatic carbocycles. The molecular formula is C10H11IO4S. The fraction of sp³-hybridized carbons (Fsp3) is 0.400. The first-order valence-corrected chi connectivity index (χ1v) is 6.63. The number of thiophene rings is 1. The third-order valence-electron chi connectivity index (χ3n) is 1.66. The van der Waals surface area contributed by atoms with Crippen molar-refractivity contribution in [3.05, 3.63) is 19.4 Å². The molecule has 0 N–H and O–H groups in total. The highest BCUT2D eigenvalue weighted by Gasteiger charge is 2.19. The molecule has 0 amide bonds. The van der Waals surface area contributed by atoms with Gasteiger partial charge in [0.25, 0.3) is 0 Å². The van der Waals surface area contributed by atoms with Crippen molar-refractivity contribution >= 4 is 45.9 Å². The first kappa shape index (κ1) is 13.4. The van der Waals surface area contributed by atoms with E-state index in [1.54, 1.807) is 13.8 Å². The van der Waals surface area contributed by atoms with Crippen LogP contribution < -0.4 is 0 Å². The van der Waals surface area contributed by atoms with Crippen molar-refractivity contribution < 1.29 is 19.1 Å². The van der Waals surface area contributed by atoms with Crippen molar-refractivity contribution in [2.45, 2.75) is 13.8 Å². The monoisotopic (exact) mass is 354 g/mol. The molecule has 0 aliphatic heterocycles. The standard InChI is InChI=1S/C10H11IO4S/c1-3-14-9(12)6-5-7(16-8(6)11)10(13)15-4-2/h5H,3-4H2,1-2H3. The van der Waals surface area contributed by atoms with Gasteiger partial charge in [-0.25, -0.2) is 9.59 Å². The average Bonchev–Trinajstić information content (AvgIpc) is 2.61. The molecule has 1 heterocycles. The van der Waals surface area contributed by atoms with E-state index >= 15 is 0 Å². The number of hydrogen-bond donors (Lipinski definition) is 0. The molecular weight excluding hydrogens is 343 g/mol. The molecule has 6 heteroatoms. The Kier molecular flexibility index (Phi) is 5.20.